The molecule has 90 valence electrons. The lowest BCUT2D eigenvalue weighted by Crippen LogP contribution is -2.21. The normalized spacial score (nSPS) is 20.4. The van der Waals surface area contributed by atoms with Crippen molar-refractivity contribution in [1.82, 2.24) is 15.6 Å². The fourth-order valence-corrected chi connectivity index (χ4v) is 2.88. The van der Waals surface area contributed by atoms with Gasteiger partial charge >= 0.3 is 0 Å². The first kappa shape index (κ1) is 12.0. The molecule has 2 N–H and O–H groups in total. The summed E-state index contributed by atoms with van der Waals surface area (Å²) in [7, 11) is 0. The van der Waals surface area contributed by atoms with E-state index in [0.29, 0.717) is 0 Å². The molecule has 0 aliphatic carbocycles. The first-order valence-electron chi connectivity index (χ1n) is 6.17. The van der Waals surface area contributed by atoms with Crippen LogP contribution in [-0.4, -0.2) is 31.2 Å². The predicted molar refractivity (Wildman–Crippen MR) is 69.0 cm³/mol. The van der Waals surface area contributed by atoms with E-state index >= 15 is 0 Å². The van der Waals surface area contributed by atoms with Gasteiger partial charge < -0.3 is 10.6 Å². The zero-order chi connectivity index (χ0) is 11.2. The summed E-state index contributed by atoms with van der Waals surface area (Å²) < 4.78 is 0. The second-order valence-electron chi connectivity index (χ2n) is 4.53. The Hall–Kier alpha value is -0.450. The number of aryl methyl sites for hydroxylation is 1. The Kier molecular flexibility index (Phi) is 4.75. The molecule has 1 aromatic rings. The average Bonchev–Trinajstić information content (AvgIpc) is 2.89. The van der Waals surface area contributed by atoms with Crippen LogP contribution in [0.4, 0.5) is 0 Å². The number of rotatable bonds is 6. The van der Waals surface area contributed by atoms with Crippen LogP contribution in [0.1, 0.15) is 23.5 Å². The van der Waals surface area contributed by atoms with Gasteiger partial charge in [0.1, 0.15) is 0 Å². The molecule has 1 fully saturated rings. The van der Waals surface area contributed by atoms with Crippen LogP contribution < -0.4 is 10.6 Å². The van der Waals surface area contributed by atoms with Crippen molar-refractivity contribution in [3.63, 3.8) is 0 Å². The van der Waals surface area contributed by atoms with Gasteiger partial charge in [-0.15, -0.1) is 11.3 Å². The van der Waals surface area contributed by atoms with E-state index in [9.17, 15) is 0 Å². The molecule has 1 aliphatic heterocycles. The molecule has 1 aromatic heterocycles. The lowest BCUT2D eigenvalue weighted by atomic mass is 10.1. The maximum absolute atomic E-state index is 4.45. The van der Waals surface area contributed by atoms with Gasteiger partial charge in [-0.3, -0.25) is 0 Å². The van der Waals surface area contributed by atoms with E-state index in [2.05, 4.69) is 27.9 Å². The minimum atomic E-state index is 0.898. The van der Waals surface area contributed by atoms with E-state index < -0.39 is 0 Å². The van der Waals surface area contributed by atoms with E-state index in [4.69, 9.17) is 0 Å². The molecule has 0 bridgehead atoms. The molecule has 4 heteroatoms. The van der Waals surface area contributed by atoms with Gasteiger partial charge in [0.15, 0.2) is 0 Å². The summed E-state index contributed by atoms with van der Waals surface area (Å²) in [5.41, 5.74) is 1.15. The molecule has 0 radical (unpaired) electrons. The van der Waals surface area contributed by atoms with Gasteiger partial charge in [0, 0.05) is 24.0 Å². The summed E-state index contributed by atoms with van der Waals surface area (Å²) in [4.78, 5) is 4.45. The fourth-order valence-electron chi connectivity index (χ4n) is 2.10. The maximum atomic E-state index is 4.45. The molecule has 1 atom stereocenters. The summed E-state index contributed by atoms with van der Waals surface area (Å²) in [6.07, 6.45) is 3.73. The molecule has 2 rings (SSSR count). The molecule has 0 aromatic carbocycles. The quantitative estimate of drug-likeness (QED) is 0.740. The molecule has 0 saturated carbocycles. The topological polar surface area (TPSA) is 37.0 Å². The maximum Gasteiger partial charge on any atom is 0.0940 e. The van der Waals surface area contributed by atoms with Gasteiger partial charge in [0.2, 0.25) is 0 Å². The summed E-state index contributed by atoms with van der Waals surface area (Å²) in [5, 5.41) is 10.3. The Morgan fingerprint density at radius 1 is 1.56 bits per heavy atom. The highest BCUT2D eigenvalue weighted by atomic mass is 32.1. The highest BCUT2D eigenvalue weighted by Crippen LogP contribution is 2.11. The number of hydrogen-bond donors (Lipinski definition) is 2. The zero-order valence-electron chi connectivity index (χ0n) is 9.96. The van der Waals surface area contributed by atoms with Crippen LogP contribution in [0, 0.1) is 12.8 Å². The van der Waals surface area contributed by atoms with E-state index in [1.165, 1.54) is 30.9 Å². The van der Waals surface area contributed by atoms with Crippen molar-refractivity contribution in [1.29, 1.82) is 0 Å². The van der Waals surface area contributed by atoms with Crippen LogP contribution in [0.3, 0.4) is 0 Å². The van der Waals surface area contributed by atoms with Crippen molar-refractivity contribution >= 4 is 11.3 Å². The number of nitrogens with zero attached hydrogens (tertiary/aromatic N) is 1. The number of aromatic nitrogens is 1. The second-order valence-corrected chi connectivity index (χ2v) is 5.47. The van der Waals surface area contributed by atoms with E-state index in [1.54, 1.807) is 11.3 Å². The standard InChI is InChI=1S/C12H21N3S/c1-10-9-16-12(15-10)4-7-13-5-2-11-3-6-14-8-11/h9,11,13-14H,2-8H2,1H3. The van der Waals surface area contributed by atoms with Crippen LogP contribution in [0.5, 0.6) is 0 Å². The Balaban J connectivity index is 1.51. The summed E-state index contributed by atoms with van der Waals surface area (Å²) in [5.74, 6) is 0.898. The van der Waals surface area contributed by atoms with Crippen molar-refractivity contribution in [2.45, 2.75) is 26.2 Å². The fraction of sp³-hybridized carbons (Fsp3) is 0.750. The van der Waals surface area contributed by atoms with E-state index in [-0.39, 0.29) is 0 Å². The van der Waals surface area contributed by atoms with Crippen molar-refractivity contribution in [3.05, 3.63) is 16.1 Å². The van der Waals surface area contributed by atoms with E-state index in [1.807, 2.05) is 0 Å². The zero-order valence-corrected chi connectivity index (χ0v) is 10.8. The molecule has 1 unspecified atom stereocenters. The van der Waals surface area contributed by atoms with Crippen molar-refractivity contribution in [2.24, 2.45) is 5.92 Å². The third-order valence-electron chi connectivity index (χ3n) is 3.07. The molecule has 1 aliphatic rings. The van der Waals surface area contributed by atoms with Gasteiger partial charge in [-0.25, -0.2) is 4.98 Å². The monoisotopic (exact) mass is 239 g/mol. The Morgan fingerprint density at radius 3 is 3.19 bits per heavy atom. The number of thiazole rings is 1. The van der Waals surface area contributed by atoms with Crippen molar-refractivity contribution in [2.75, 3.05) is 26.2 Å². The Bertz CT molecular complexity index is 305. The van der Waals surface area contributed by atoms with Crippen LogP contribution in [0.2, 0.25) is 0 Å². The SMILES string of the molecule is Cc1csc(CCNCCC2CCNC2)n1. The molecular formula is C12H21N3S. The molecule has 2 heterocycles. The summed E-state index contributed by atoms with van der Waals surface area (Å²) >= 11 is 1.77. The Morgan fingerprint density at radius 2 is 2.50 bits per heavy atom. The van der Waals surface area contributed by atoms with Gasteiger partial charge in [0.25, 0.3) is 0 Å². The molecule has 0 amide bonds. The van der Waals surface area contributed by atoms with Crippen LogP contribution >= 0.6 is 11.3 Å². The van der Waals surface area contributed by atoms with Gasteiger partial charge in [0.05, 0.1) is 5.01 Å². The third kappa shape index (κ3) is 3.85. The number of nitrogens with one attached hydrogen (secondary N) is 2. The van der Waals surface area contributed by atoms with Crippen molar-refractivity contribution < 1.29 is 0 Å². The molecule has 0 spiro atoms. The largest absolute Gasteiger partial charge is 0.316 e. The third-order valence-corrected chi connectivity index (χ3v) is 4.10. The van der Waals surface area contributed by atoms with Gasteiger partial charge in [-0.2, -0.15) is 0 Å². The highest BCUT2D eigenvalue weighted by Gasteiger charge is 2.13. The van der Waals surface area contributed by atoms with Gasteiger partial charge in [-0.05, 0) is 45.3 Å². The Labute approximate surface area is 102 Å². The minimum Gasteiger partial charge on any atom is -0.316 e. The smallest absolute Gasteiger partial charge is 0.0940 e. The molecule has 1 saturated heterocycles. The molecular weight excluding hydrogens is 218 g/mol. The minimum absolute atomic E-state index is 0.898. The predicted octanol–water partition coefficient (Wildman–Crippen LogP) is 1.58. The first-order valence-corrected chi connectivity index (χ1v) is 7.05. The lowest BCUT2D eigenvalue weighted by Gasteiger charge is -2.08. The van der Waals surface area contributed by atoms with Gasteiger partial charge in [-0.1, -0.05) is 0 Å². The average molecular weight is 239 g/mol. The van der Waals surface area contributed by atoms with Crippen LogP contribution in [-0.2, 0) is 6.42 Å². The van der Waals surface area contributed by atoms with Crippen LogP contribution in [0.15, 0.2) is 5.38 Å². The first-order chi connectivity index (χ1) is 7.84. The van der Waals surface area contributed by atoms with E-state index in [0.717, 1.165) is 31.1 Å². The second kappa shape index (κ2) is 6.33. The van der Waals surface area contributed by atoms with Crippen LogP contribution in [0.25, 0.3) is 0 Å². The molecule has 3 nitrogen and oxygen atoms in total. The molecule has 16 heavy (non-hydrogen) atoms. The van der Waals surface area contributed by atoms with Crippen molar-refractivity contribution in [3.8, 4) is 0 Å². The lowest BCUT2D eigenvalue weighted by molar-refractivity contribution is 0.501. The number of hydrogen-bond acceptors (Lipinski definition) is 4. The summed E-state index contributed by atoms with van der Waals surface area (Å²) in [6, 6.07) is 0. The summed E-state index contributed by atoms with van der Waals surface area (Å²) in [6.45, 7) is 6.70. The highest BCUT2D eigenvalue weighted by molar-refractivity contribution is 7.09.